The third-order valence-electron chi connectivity index (χ3n) is 5.46. The summed E-state index contributed by atoms with van der Waals surface area (Å²) < 4.78 is 0. The van der Waals surface area contributed by atoms with E-state index in [1.807, 2.05) is 41.8 Å². The molecular weight excluding hydrogens is 330 g/mol. The fourth-order valence-corrected chi connectivity index (χ4v) is 4.66. The van der Waals surface area contributed by atoms with Crippen LogP contribution < -0.4 is 9.80 Å². The molecule has 25 heavy (non-hydrogen) atoms. The van der Waals surface area contributed by atoms with E-state index < -0.39 is 0 Å². The minimum atomic E-state index is 0.0162. The number of ketones is 1. The number of aromatic amines is 1. The maximum atomic E-state index is 13.0. The molecule has 4 rings (SSSR count). The summed E-state index contributed by atoms with van der Waals surface area (Å²) in [6.07, 6.45) is 1.88. The van der Waals surface area contributed by atoms with Crippen molar-refractivity contribution in [2.24, 2.45) is 0 Å². The highest BCUT2D eigenvalue weighted by molar-refractivity contribution is 7.09. The van der Waals surface area contributed by atoms with Gasteiger partial charge in [0.15, 0.2) is 0 Å². The summed E-state index contributed by atoms with van der Waals surface area (Å²) >= 11 is 1.84. The average Bonchev–Trinajstić information content (AvgIpc) is 3.31. The van der Waals surface area contributed by atoms with Crippen LogP contribution in [-0.2, 0) is 6.54 Å². The number of quaternary nitrogens is 2. The Morgan fingerprint density at radius 3 is 2.72 bits per heavy atom. The molecule has 0 radical (unpaired) electrons. The van der Waals surface area contributed by atoms with Crippen LogP contribution in [0.15, 0.2) is 48.0 Å². The van der Waals surface area contributed by atoms with Gasteiger partial charge in [-0.25, -0.2) is 0 Å². The lowest BCUT2D eigenvalue weighted by molar-refractivity contribution is -1.02. The Morgan fingerprint density at radius 1 is 1.16 bits per heavy atom. The van der Waals surface area contributed by atoms with Crippen LogP contribution >= 0.6 is 11.3 Å². The smallest absolute Gasteiger partial charge is 0.221 e. The molecular formula is C20H25N3OS+2. The lowest BCUT2D eigenvalue weighted by Gasteiger charge is -2.32. The third kappa shape index (κ3) is 3.40. The van der Waals surface area contributed by atoms with Crippen molar-refractivity contribution in [1.82, 2.24) is 4.98 Å². The van der Waals surface area contributed by atoms with Crippen molar-refractivity contribution < 1.29 is 14.6 Å². The van der Waals surface area contributed by atoms with Gasteiger partial charge in [-0.05, 0) is 24.4 Å². The number of Topliss-reactive ketones (excluding diaryl/α,β-unsaturated/α-hetero) is 1. The Bertz CT molecular complexity index is 847. The zero-order valence-electron chi connectivity index (χ0n) is 14.5. The molecule has 1 fully saturated rings. The van der Waals surface area contributed by atoms with Crippen LogP contribution in [0.2, 0.25) is 0 Å². The second-order valence-electron chi connectivity index (χ2n) is 7.00. The minimum Gasteiger partial charge on any atom is -0.360 e. The molecule has 0 amide bonds. The van der Waals surface area contributed by atoms with E-state index in [0.29, 0.717) is 0 Å². The maximum Gasteiger partial charge on any atom is 0.221 e. The highest BCUT2D eigenvalue weighted by Gasteiger charge is 2.32. The number of fused-ring (bicyclic) bond motifs is 1. The SMILES string of the molecule is C[C@@H](C(=O)c1c[nH]c2ccccc12)[NH+]1CC[NH+](Cc2cccs2)CC1. The predicted octanol–water partition coefficient (Wildman–Crippen LogP) is 0.784. The van der Waals surface area contributed by atoms with Crippen molar-refractivity contribution in [2.75, 3.05) is 26.2 Å². The van der Waals surface area contributed by atoms with E-state index in [-0.39, 0.29) is 11.8 Å². The van der Waals surface area contributed by atoms with Crippen molar-refractivity contribution in [3.8, 4) is 0 Å². The van der Waals surface area contributed by atoms with E-state index >= 15 is 0 Å². The number of carbonyl (C=O) groups is 1. The molecule has 1 aliphatic heterocycles. The number of aromatic nitrogens is 1. The number of para-hydroxylation sites is 1. The number of hydrogen-bond acceptors (Lipinski definition) is 2. The number of carbonyl (C=O) groups excluding carboxylic acids is 1. The molecule has 3 aromatic rings. The molecule has 5 heteroatoms. The Morgan fingerprint density at radius 2 is 1.96 bits per heavy atom. The van der Waals surface area contributed by atoms with Gasteiger partial charge in [-0.3, -0.25) is 4.79 Å². The van der Waals surface area contributed by atoms with Crippen LogP contribution in [0.3, 0.4) is 0 Å². The lowest BCUT2D eigenvalue weighted by Crippen LogP contribution is -3.29. The summed E-state index contributed by atoms with van der Waals surface area (Å²) in [5, 5.41) is 3.19. The van der Waals surface area contributed by atoms with Crippen molar-refractivity contribution >= 4 is 28.0 Å². The molecule has 0 unspecified atom stereocenters. The van der Waals surface area contributed by atoms with Crippen molar-refractivity contribution in [3.63, 3.8) is 0 Å². The highest BCUT2D eigenvalue weighted by atomic mass is 32.1. The molecule has 130 valence electrons. The van der Waals surface area contributed by atoms with E-state index in [4.69, 9.17) is 0 Å². The van der Waals surface area contributed by atoms with Gasteiger partial charge < -0.3 is 14.8 Å². The first-order chi connectivity index (χ1) is 12.2. The number of benzene rings is 1. The summed E-state index contributed by atoms with van der Waals surface area (Å²) in [5.41, 5.74) is 1.88. The molecule has 3 N–H and O–H groups in total. The summed E-state index contributed by atoms with van der Waals surface area (Å²) in [6, 6.07) is 12.4. The minimum absolute atomic E-state index is 0.0162. The Kier molecular flexibility index (Phi) is 4.70. The monoisotopic (exact) mass is 355 g/mol. The summed E-state index contributed by atoms with van der Waals surface area (Å²) in [6.45, 7) is 7.61. The predicted molar refractivity (Wildman–Crippen MR) is 102 cm³/mol. The second kappa shape index (κ2) is 7.12. The van der Waals surface area contributed by atoms with E-state index in [1.165, 1.54) is 9.78 Å². The van der Waals surface area contributed by atoms with Crippen LogP contribution in [0.1, 0.15) is 22.2 Å². The van der Waals surface area contributed by atoms with Gasteiger partial charge >= 0.3 is 0 Å². The number of thiophene rings is 1. The fraction of sp³-hybridized carbons (Fsp3) is 0.350. The van der Waals surface area contributed by atoms with Gasteiger partial charge in [-0.2, -0.15) is 0 Å². The molecule has 0 saturated carbocycles. The molecule has 1 aromatic carbocycles. The number of hydrogen-bond donors (Lipinski definition) is 3. The number of rotatable bonds is 5. The van der Waals surface area contributed by atoms with Crippen LogP contribution in [0.25, 0.3) is 10.9 Å². The van der Waals surface area contributed by atoms with E-state index in [2.05, 4.69) is 29.4 Å². The second-order valence-corrected chi connectivity index (χ2v) is 8.03. The van der Waals surface area contributed by atoms with Gasteiger partial charge in [0.2, 0.25) is 5.78 Å². The summed E-state index contributed by atoms with van der Waals surface area (Å²) in [4.78, 5) is 20.8. The normalized spacial score (nSPS) is 22.1. The zero-order chi connectivity index (χ0) is 17.2. The van der Waals surface area contributed by atoms with Crippen molar-refractivity contribution in [1.29, 1.82) is 0 Å². The summed E-state index contributed by atoms with van der Waals surface area (Å²) in [7, 11) is 0. The Hall–Kier alpha value is -1.95. The molecule has 0 bridgehead atoms. The molecule has 0 aliphatic carbocycles. The first-order valence-electron chi connectivity index (χ1n) is 9.03. The number of piperazine rings is 1. The summed E-state index contributed by atoms with van der Waals surface area (Å²) in [5.74, 6) is 0.258. The first-order valence-corrected chi connectivity index (χ1v) is 9.91. The number of H-pyrrole nitrogens is 1. The molecule has 1 aliphatic rings. The third-order valence-corrected chi connectivity index (χ3v) is 6.34. The fourth-order valence-electron chi connectivity index (χ4n) is 3.89. The van der Waals surface area contributed by atoms with Crippen LogP contribution in [0.4, 0.5) is 0 Å². The van der Waals surface area contributed by atoms with E-state index in [1.54, 1.807) is 4.90 Å². The van der Waals surface area contributed by atoms with Gasteiger partial charge in [-0.15, -0.1) is 11.3 Å². The Labute approximate surface area is 152 Å². The molecule has 4 nitrogen and oxygen atoms in total. The largest absolute Gasteiger partial charge is 0.360 e. The molecule has 3 heterocycles. The van der Waals surface area contributed by atoms with Crippen LogP contribution in [0.5, 0.6) is 0 Å². The average molecular weight is 356 g/mol. The standard InChI is InChI=1S/C20H23N3OS/c1-15(20(24)18-13-21-19-7-3-2-6-17(18)19)23-10-8-22(9-11-23)14-16-5-4-12-25-16/h2-7,12-13,15,21H,8-11,14H2,1H3/p+2/t15-/m0/s1. The first kappa shape index (κ1) is 16.5. The van der Waals surface area contributed by atoms with Crippen molar-refractivity contribution in [2.45, 2.75) is 19.5 Å². The molecule has 1 saturated heterocycles. The Balaban J connectivity index is 1.40. The van der Waals surface area contributed by atoms with Gasteiger partial charge in [0.25, 0.3) is 0 Å². The molecule has 0 spiro atoms. The number of nitrogens with one attached hydrogen (secondary N) is 3. The van der Waals surface area contributed by atoms with Gasteiger partial charge in [0, 0.05) is 22.7 Å². The highest BCUT2D eigenvalue weighted by Crippen LogP contribution is 2.18. The van der Waals surface area contributed by atoms with Gasteiger partial charge in [0.05, 0.1) is 4.88 Å². The molecule has 1 atom stereocenters. The van der Waals surface area contributed by atoms with Gasteiger partial charge in [0.1, 0.15) is 38.8 Å². The zero-order valence-corrected chi connectivity index (χ0v) is 15.4. The van der Waals surface area contributed by atoms with Crippen LogP contribution in [0, 0.1) is 0 Å². The molecule has 2 aromatic heterocycles. The quantitative estimate of drug-likeness (QED) is 0.582. The topological polar surface area (TPSA) is 41.7 Å². The van der Waals surface area contributed by atoms with E-state index in [0.717, 1.165) is 49.2 Å². The van der Waals surface area contributed by atoms with E-state index in [9.17, 15) is 4.79 Å². The van der Waals surface area contributed by atoms with Crippen molar-refractivity contribution in [3.05, 3.63) is 58.4 Å². The maximum absolute atomic E-state index is 13.0. The lowest BCUT2D eigenvalue weighted by atomic mass is 10.0. The van der Waals surface area contributed by atoms with Crippen LogP contribution in [-0.4, -0.2) is 43.0 Å². The van der Waals surface area contributed by atoms with Gasteiger partial charge in [-0.1, -0.05) is 24.3 Å².